The van der Waals surface area contributed by atoms with Gasteiger partial charge in [-0.2, -0.15) is 4.98 Å². The molecule has 2 N–H and O–H groups in total. The highest BCUT2D eigenvalue weighted by Crippen LogP contribution is 2.28. The van der Waals surface area contributed by atoms with E-state index < -0.39 is 0 Å². The Morgan fingerprint density at radius 1 is 1.71 bits per heavy atom. The highest BCUT2D eigenvalue weighted by molar-refractivity contribution is 4.88. The van der Waals surface area contributed by atoms with Gasteiger partial charge >= 0.3 is 0 Å². The van der Waals surface area contributed by atoms with Crippen molar-refractivity contribution >= 4 is 0 Å². The molecule has 5 heteroatoms. The fourth-order valence-corrected chi connectivity index (χ4v) is 1.88. The number of aromatic nitrogens is 2. The normalized spacial score (nSPS) is 28.4. The molecule has 1 atom stereocenters. The summed E-state index contributed by atoms with van der Waals surface area (Å²) in [5, 5.41) is 3.58. The average Bonchev–Trinajstić information content (AvgIpc) is 2.78. The molecule has 2 heterocycles. The molecule has 0 saturated carbocycles. The lowest BCUT2D eigenvalue weighted by atomic mass is 9.90. The van der Waals surface area contributed by atoms with Crippen LogP contribution in [0.15, 0.2) is 10.9 Å². The second kappa shape index (κ2) is 3.67. The van der Waals surface area contributed by atoms with Crippen molar-refractivity contribution in [2.24, 2.45) is 11.1 Å². The average molecular weight is 196 g/mol. The van der Waals surface area contributed by atoms with Gasteiger partial charge in [0.05, 0.1) is 6.54 Å². The van der Waals surface area contributed by atoms with Crippen LogP contribution >= 0.6 is 0 Å². The SMILES string of the molecule is CC1(CN)CCN(Cc2ncno2)C1. The molecule has 0 bridgehead atoms. The van der Waals surface area contributed by atoms with Gasteiger partial charge in [0.15, 0.2) is 6.33 Å². The summed E-state index contributed by atoms with van der Waals surface area (Å²) in [7, 11) is 0. The van der Waals surface area contributed by atoms with Crippen molar-refractivity contribution in [2.45, 2.75) is 19.9 Å². The summed E-state index contributed by atoms with van der Waals surface area (Å²) in [5.74, 6) is 0.686. The van der Waals surface area contributed by atoms with Crippen molar-refractivity contribution in [3.63, 3.8) is 0 Å². The highest BCUT2D eigenvalue weighted by Gasteiger charge is 2.32. The van der Waals surface area contributed by atoms with E-state index in [1.165, 1.54) is 6.33 Å². The van der Waals surface area contributed by atoms with Crippen molar-refractivity contribution in [1.82, 2.24) is 15.0 Å². The third-order valence-corrected chi connectivity index (χ3v) is 2.90. The van der Waals surface area contributed by atoms with E-state index in [2.05, 4.69) is 22.0 Å². The van der Waals surface area contributed by atoms with Crippen LogP contribution in [0.4, 0.5) is 0 Å². The zero-order chi connectivity index (χ0) is 10.0. The van der Waals surface area contributed by atoms with Crippen molar-refractivity contribution < 1.29 is 4.52 Å². The Labute approximate surface area is 83.3 Å². The molecule has 1 aromatic heterocycles. The zero-order valence-electron chi connectivity index (χ0n) is 8.44. The molecular formula is C9H16N4O. The monoisotopic (exact) mass is 196 g/mol. The van der Waals surface area contributed by atoms with Gasteiger partial charge in [-0.1, -0.05) is 12.1 Å². The van der Waals surface area contributed by atoms with E-state index in [0.717, 1.165) is 32.6 Å². The second-order valence-electron chi connectivity index (χ2n) is 4.31. The fraction of sp³-hybridized carbons (Fsp3) is 0.778. The van der Waals surface area contributed by atoms with Crippen LogP contribution in [0.3, 0.4) is 0 Å². The molecule has 0 radical (unpaired) electrons. The van der Waals surface area contributed by atoms with Crippen LogP contribution in [0.25, 0.3) is 0 Å². The topological polar surface area (TPSA) is 68.2 Å². The lowest BCUT2D eigenvalue weighted by molar-refractivity contribution is 0.239. The first kappa shape index (κ1) is 9.61. The summed E-state index contributed by atoms with van der Waals surface area (Å²) in [5.41, 5.74) is 5.99. The smallest absolute Gasteiger partial charge is 0.240 e. The lowest BCUT2D eigenvalue weighted by Gasteiger charge is -2.21. The molecule has 5 nitrogen and oxygen atoms in total. The third kappa shape index (κ3) is 1.93. The molecule has 1 aliphatic rings. The van der Waals surface area contributed by atoms with Gasteiger partial charge in [-0.05, 0) is 24.9 Å². The molecule has 1 saturated heterocycles. The minimum atomic E-state index is 0.264. The predicted molar refractivity (Wildman–Crippen MR) is 51.4 cm³/mol. The summed E-state index contributed by atoms with van der Waals surface area (Å²) in [6.07, 6.45) is 2.59. The largest absolute Gasteiger partial charge is 0.338 e. The van der Waals surface area contributed by atoms with Crippen molar-refractivity contribution in [3.05, 3.63) is 12.2 Å². The zero-order valence-corrected chi connectivity index (χ0v) is 8.44. The Hall–Kier alpha value is -0.940. The van der Waals surface area contributed by atoms with E-state index >= 15 is 0 Å². The summed E-state index contributed by atoms with van der Waals surface area (Å²) in [6.45, 7) is 5.80. The van der Waals surface area contributed by atoms with Gasteiger partial charge in [0, 0.05) is 6.54 Å². The molecule has 0 spiro atoms. The summed E-state index contributed by atoms with van der Waals surface area (Å²) in [6, 6.07) is 0. The van der Waals surface area contributed by atoms with Gasteiger partial charge in [0.25, 0.3) is 0 Å². The summed E-state index contributed by atoms with van der Waals surface area (Å²) in [4.78, 5) is 6.31. The second-order valence-corrected chi connectivity index (χ2v) is 4.31. The Kier molecular flexibility index (Phi) is 2.52. The minimum Gasteiger partial charge on any atom is -0.338 e. The molecule has 1 fully saturated rings. The Balaban J connectivity index is 1.90. The molecule has 1 aromatic rings. The van der Waals surface area contributed by atoms with Gasteiger partial charge in [-0.15, -0.1) is 0 Å². The first-order valence-corrected chi connectivity index (χ1v) is 4.90. The maximum absolute atomic E-state index is 5.73. The number of rotatable bonds is 3. The third-order valence-electron chi connectivity index (χ3n) is 2.90. The van der Waals surface area contributed by atoms with E-state index in [0.29, 0.717) is 5.89 Å². The molecule has 14 heavy (non-hydrogen) atoms. The number of nitrogens with zero attached hydrogens (tertiary/aromatic N) is 3. The van der Waals surface area contributed by atoms with Crippen LogP contribution in [-0.2, 0) is 6.54 Å². The maximum Gasteiger partial charge on any atom is 0.240 e. The standard InChI is InChI=1S/C9H16N4O/c1-9(5-10)2-3-13(6-9)4-8-11-7-12-14-8/h7H,2-6,10H2,1H3. The van der Waals surface area contributed by atoms with Gasteiger partial charge in [0.2, 0.25) is 5.89 Å². The molecule has 1 unspecified atom stereocenters. The van der Waals surface area contributed by atoms with E-state index in [1.807, 2.05) is 0 Å². The number of likely N-dealkylation sites (tertiary alicyclic amines) is 1. The lowest BCUT2D eigenvalue weighted by Crippen LogP contribution is -2.31. The van der Waals surface area contributed by atoms with Gasteiger partial charge in [-0.25, -0.2) is 0 Å². The quantitative estimate of drug-likeness (QED) is 0.750. The van der Waals surface area contributed by atoms with Crippen molar-refractivity contribution in [1.29, 1.82) is 0 Å². The maximum atomic E-state index is 5.73. The van der Waals surface area contributed by atoms with Crippen LogP contribution < -0.4 is 5.73 Å². The van der Waals surface area contributed by atoms with E-state index in [4.69, 9.17) is 10.3 Å². The molecule has 78 valence electrons. The predicted octanol–water partition coefficient (Wildman–Crippen LogP) is 0.240. The van der Waals surface area contributed by atoms with Gasteiger partial charge in [-0.3, -0.25) is 4.90 Å². The van der Waals surface area contributed by atoms with Crippen LogP contribution in [0, 0.1) is 5.41 Å². The van der Waals surface area contributed by atoms with Crippen LogP contribution in [0.1, 0.15) is 19.2 Å². The molecular weight excluding hydrogens is 180 g/mol. The Morgan fingerprint density at radius 3 is 3.14 bits per heavy atom. The number of hydrogen-bond donors (Lipinski definition) is 1. The Morgan fingerprint density at radius 2 is 2.57 bits per heavy atom. The van der Waals surface area contributed by atoms with Crippen LogP contribution in [0.5, 0.6) is 0 Å². The molecule has 2 rings (SSSR count). The minimum absolute atomic E-state index is 0.264. The Bertz CT molecular complexity index is 287. The van der Waals surface area contributed by atoms with Gasteiger partial charge in [0.1, 0.15) is 0 Å². The molecule has 0 aromatic carbocycles. The summed E-state index contributed by atoms with van der Waals surface area (Å²) < 4.78 is 4.96. The highest BCUT2D eigenvalue weighted by atomic mass is 16.5. The van der Waals surface area contributed by atoms with E-state index in [1.54, 1.807) is 0 Å². The van der Waals surface area contributed by atoms with E-state index in [9.17, 15) is 0 Å². The fourth-order valence-electron chi connectivity index (χ4n) is 1.88. The van der Waals surface area contributed by atoms with Crippen molar-refractivity contribution in [3.8, 4) is 0 Å². The number of hydrogen-bond acceptors (Lipinski definition) is 5. The van der Waals surface area contributed by atoms with Crippen LogP contribution in [0.2, 0.25) is 0 Å². The van der Waals surface area contributed by atoms with E-state index in [-0.39, 0.29) is 5.41 Å². The molecule has 0 aliphatic carbocycles. The summed E-state index contributed by atoms with van der Waals surface area (Å²) >= 11 is 0. The number of nitrogens with two attached hydrogens (primary N) is 1. The van der Waals surface area contributed by atoms with Gasteiger partial charge < -0.3 is 10.3 Å². The van der Waals surface area contributed by atoms with Crippen molar-refractivity contribution in [2.75, 3.05) is 19.6 Å². The molecule has 1 aliphatic heterocycles. The van der Waals surface area contributed by atoms with Crippen LogP contribution in [-0.4, -0.2) is 34.7 Å². The first-order chi connectivity index (χ1) is 6.72. The molecule has 0 amide bonds. The first-order valence-electron chi connectivity index (χ1n) is 4.90.